The minimum absolute atomic E-state index is 0.657. The first-order valence-corrected chi connectivity index (χ1v) is 18.5. The smallest absolute Gasteiger partial charge is 0.164 e. The van der Waals surface area contributed by atoms with Crippen molar-refractivity contribution in [2.45, 2.75) is 0 Å². The molecule has 0 saturated heterocycles. The van der Waals surface area contributed by atoms with Crippen LogP contribution in [-0.2, 0) is 0 Å². The topological polar surface area (TPSA) is 51.8 Å². The van der Waals surface area contributed by atoms with Gasteiger partial charge in [-0.15, -0.1) is 22.7 Å². The van der Waals surface area contributed by atoms with Gasteiger partial charge in [0, 0.05) is 73.4 Å². The average molecular weight is 688 g/mol. The van der Waals surface area contributed by atoms with E-state index in [2.05, 4.69) is 121 Å². The molecule has 4 heterocycles. The van der Waals surface area contributed by atoms with Crippen molar-refractivity contribution in [3.63, 3.8) is 0 Å². The van der Waals surface area contributed by atoms with E-state index in [1.165, 1.54) is 40.3 Å². The van der Waals surface area contributed by atoms with Gasteiger partial charge in [-0.1, -0.05) is 109 Å². The molecular weight excluding hydrogens is 663 g/mol. The minimum atomic E-state index is 0.657. The first-order chi connectivity index (χ1) is 25.2. The molecule has 238 valence electrons. The van der Waals surface area contributed by atoms with Gasteiger partial charge in [-0.3, -0.25) is 0 Å². The molecule has 0 spiro atoms. The molecule has 6 heteroatoms. The largest absolute Gasteiger partial charge is 0.455 e. The monoisotopic (exact) mass is 687 g/mol. The summed E-state index contributed by atoms with van der Waals surface area (Å²) in [5, 5.41) is 7.09. The lowest BCUT2D eigenvalue weighted by Gasteiger charge is -2.10. The van der Waals surface area contributed by atoms with E-state index < -0.39 is 0 Å². The second-order valence-corrected chi connectivity index (χ2v) is 14.9. The highest BCUT2D eigenvalue weighted by Crippen LogP contribution is 2.42. The molecule has 0 aliphatic carbocycles. The van der Waals surface area contributed by atoms with E-state index >= 15 is 0 Å². The standard InChI is InChI=1S/C45H25N3OS2/c1-2-10-26(11-3-1)43-46-44(48-45(47-43)34-16-9-19-39-41(34)33-13-5-7-18-37(33)50-39)28-21-23-38-35(24-28)31-22-20-27(25-40(31)51-38)29-14-8-15-32-30-12-4-6-17-36(30)49-42(29)32/h1-25H. The van der Waals surface area contributed by atoms with Crippen LogP contribution in [0.1, 0.15) is 0 Å². The maximum atomic E-state index is 6.38. The van der Waals surface area contributed by atoms with E-state index in [9.17, 15) is 0 Å². The van der Waals surface area contributed by atoms with Gasteiger partial charge in [-0.05, 0) is 48.0 Å². The molecule has 51 heavy (non-hydrogen) atoms. The van der Waals surface area contributed by atoms with Crippen LogP contribution in [0.25, 0.3) is 108 Å². The number of fused-ring (bicyclic) bond motifs is 9. The van der Waals surface area contributed by atoms with Crippen molar-refractivity contribution in [2.24, 2.45) is 0 Å². The summed E-state index contributed by atoms with van der Waals surface area (Å²) >= 11 is 3.61. The highest BCUT2D eigenvalue weighted by Gasteiger charge is 2.18. The average Bonchev–Trinajstić information content (AvgIpc) is 3.88. The second-order valence-electron chi connectivity index (χ2n) is 12.8. The Morgan fingerprint density at radius 3 is 1.96 bits per heavy atom. The molecule has 4 aromatic heterocycles. The quantitative estimate of drug-likeness (QED) is 0.185. The van der Waals surface area contributed by atoms with Crippen LogP contribution >= 0.6 is 22.7 Å². The van der Waals surface area contributed by atoms with Gasteiger partial charge < -0.3 is 4.42 Å². The SMILES string of the molecule is c1ccc(-c2nc(-c3ccc4sc5cc(-c6cccc7c6oc6ccccc67)ccc5c4c3)nc(-c3cccc4sc5ccccc5c34)n2)cc1. The number of thiophene rings is 2. The van der Waals surface area contributed by atoms with E-state index in [0.29, 0.717) is 17.5 Å². The lowest BCUT2D eigenvalue weighted by atomic mass is 10.0. The summed E-state index contributed by atoms with van der Waals surface area (Å²) in [4.78, 5) is 15.3. The van der Waals surface area contributed by atoms with Crippen molar-refractivity contribution in [1.29, 1.82) is 0 Å². The third-order valence-electron chi connectivity index (χ3n) is 9.76. The number of benzene rings is 7. The van der Waals surface area contributed by atoms with Gasteiger partial charge in [0.05, 0.1) is 0 Å². The highest BCUT2D eigenvalue weighted by atomic mass is 32.1. The number of furan rings is 1. The molecular formula is C45H25N3OS2. The Kier molecular flexibility index (Phi) is 6.26. The summed E-state index contributed by atoms with van der Waals surface area (Å²) in [5.74, 6) is 1.99. The summed E-state index contributed by atoms with van der Waals surface area (Å²) in [6, 6.07) is 53.2. The number of aromatic nitrogens is 3. The molecule has 0 aliphatic rings. The number of hydrogen-bond acceptors (Lipinski definition) is 6. The van der Waals surface area contributed by atoms with Gasteiger partial charge in [0.15, 0.2) is 17.5 Å². The number of hydrogen-bond donors (Lipinski definition) is 0. The summed E-state index contributed by atoms with van der Waals surface area (Å²) in [6.07, 6.45) is 0. The molecule has 0 bridgehead atoms. The number of para-hydroxylation sites is 2. The Labute approximate surface area is 299 Å². The first kappa shape index (κ1) is 28.6. The lowest BCUT2D eigenvalue weighted by molar-refractivity contribution is 0.670. The predicted octanol–water partition coefficient (Wildman–Crippen LogP) is 13.2. The number of nitrogens with zero attached hydrogens (tertiary/aromatic N) is 3. The van der Waals surface area contributed by atoms with E-state index in [1.807, 2.05) is 30.3 Å². The van der Waals surface area contributed by atoms with Crippen LogP contribution in [0.2, 0.25) is 0 Å². The summed E-state index contributed by atoms with van der Waals surface area (Å²) in [6.45, 7) is 0. The maximum absolute atomic E-state index is 6.38. The van der Waals surface area contributed by atoms with Crippen LogP contribution in [0.5, 0.6) is 0 Å². The molecule has 11 aromatic rings. The van der Waals surface area contributed by atoms with Crippen LogP contribution in [0, 0.1) is 0 Å². The van der Waals surface area contributed by atoms with Gasteiger partial charge in [-0.25, -0.2) is 15.0 Å². The van der Waals surface area contributed by atoms with Crippen molar-refractivity contribution in [1.82, 2.24) is 15.0 Å². The third-order valence-corrected chi connectivity index (χ3v) is 12.0. The molecule has 0 fully saturated rings. The summed E-state index contributed by atoms with van der Waals surface area (Å²) in [5.41, 5.74) is 7.01. The number of rotatable bonds is 4. The van der Waals surface area contributed by atoms with Crippen LogP contribution in [0.15, 0.2) is 156 Å². The summed E-state index contributed by atoms with van der Waals surface area (Å²) in [7, 11) is 0. The molecule has 0 saturated carbocycles. The molecule has 0 atom stereocenters. The van der Waals surface area contributed by atoms with E-state index in [1.54, 1.807) is 22.7 Å². The van der Waals surface area contributed by atoms with E-state index in [0.717, 1.165) is 49.8 Å². The predicted molar refractivity (Wildman–Crippen MR) is 215 cm³/mol. The Morgan fingerprint density at radius 2 is 1.04 bits per heavy atom. The van der Waals surface area contributed by atoms with Crippen LogP contribution in [0.4, 0.5) is 0 Å². The lowest BCUT2D eigenvalue weighted by Crippen LogP contribution is -2.00. The highest BCUT2D eigenvalue weighted by molar-refractivity contribution is 7.26. The zero-order valence-electron chi connectivity index (χ0n) is 27.0. The zero-order valence-corrected chi connectivity index (χ0v) is 28.6. The fourth-order valence-electron chi connectivity index (χ4n) is 7.36. The van der Waals surface area contributed by atoms with Crippen molar-refractivity contribution in [3.05, 3.63) is 152 Å². The molecule has 0 N–H and O–H groups in total. The molecule has 0 unspecified atom stereocenters. The van der Waals surface area contributed by atoms with Crippen molar-refractivity contribution >= 4 is 85.0 Å². The summed E-state index contributed by atoms with van der Waals surface area (Å²) < 4.78 is 11.3. The van der Waals surface area contributed by atoms with Gasteiger partial charge in [0.25, 0.3) is 0 Å². The first-order valence-electron chi connectivity index (χ1n) is 16.8. The van der Waals surface area contributed by atoms with Crippen molar-refractivity contribution in [2.75, 3.05) is 0 Å². The zero-order chi connectivity index (χ0) is 33.5. The van der Waals surface area contributed by atoms with Crippen molar-refractivity contribution < 1.29 is 4.42 Å². The fourth-order valence-corrected chi connectivity index (χ4v) is 9.62. The van der Waals surface area contributed by atoms with Crippen molar-refractivity contribution in [3.8, 4) is 45.3 Å². The van der Waals surface area contributed by atoms with E-state index in [4.69, 9.17) is 19.4 Å². The van der Waals surface area contributed by atoms with Gasteiger partial charge in [0.2, 0.25) is 0 Å². The van der Waals surface area contributed by atoms with Crippen LogP contribution < -0.4 is 0 Å². The molecule has 11 rings (SSSR count). The Hall–Kier alpha value is -6.21. The maximum Gasteiger partial charge on any atom is 0.164 e. The Bertz CT molecular complexity index is 3160. The van der Waals surface area contributed by atoms with Gasteiger partial charge >= 0.3 is 0 Å². The molecule has 0 radical (unpaired) electrons. The third kappa shape index (κ3) is 4.54. The van der Waals surface area contributed by atoms with Crippen LogP contribution in [0.3, 0.4) is 0 Å². The fraction of sp³-hybridized carbons (Fsp3) is 0. The van der Waals surface area contributed by atoms with E-state index in [-0.39, 0.29) is 0 Å². The van der Waals surface area contributed by atoms with Gasteiger partial charge in [0.1, 0.15) is 11.2 Å². The van der Waals surface area contributed by atoms with Crippen LogP contribution in [-0.4, -0.2) is 15.0 Å². The minimum Gasteiger partial charge on any atom is -0.455 e. The molecule has 7 aromatic carbocycles. The Balaban J connectivity index is 1.07. The normalized spacial score (nSPS) is 11.9. The van der Waals surface area contributed by atoms with Gasteiger partial charge in [-0.2, -0.15) is 0 Å². The Morgan fingerprint density at radius 1 is 0.373 bits per heavy atom. The molecule has 4 nitrogen and oxygen atoms in total. The molecule has 0 aliphatic heterocycles. The molecule has 0 amide bonds. The second kappa shape index (κ2) is 11.2.